The van der Waals surface area contributed by atoms with Crippen molar-refractivity contribution in [3.63, 3.8) is 0 Å². The highest BCUT2D eigenvalue weighted by Crippen LogP contribution is 2.34. The van der Waals surface area contributed by atoms with Gasteiger partial charge in [-0.1, -0.05) is 15.9 Å². The molecule has 1 aromatic carbocycles. The molecule has 4 heteroatoms. The van der Waals surface area contributed by atoms with E-state index in [2.05, 4.69) is 51.4 Å². The van der Waals surface area contributed by atoms with Crippen molar-refractivity contribution >= 4 is 15.9 Å². The lowest BCUT2D eigenvalue weighted by Gasteiger charge is -2.32. The number of nitrogens with one attached hydrogen (secondary N) is 1. The maximum atomic E-state index is 5.75. The van der Waals surface area contributed by atoms with Crippen LogP contribution in [0.4, 0.5) is 0 Å². The number of piperidine rings is 1. The maximum Gasteiger partial charge on any atom is 0.124 e. The molecule has 1 aromatic rings. The summed E-state index contributed by atoms with van der Waals surface area (Å²) < 4.78 is 6.88. The standard InChI is InChI=1S/C16H23BrN2O/c1-19-7-2-3-12(11-19)10-18-15-6-8-20-16-5-4-13(17)9-14(15)16/h4-5,9,12,15,18H,2-3,6-8,10-11H2,1H3. The van der Waals surface area contributed by atoms with Crippen molar-refractivity contribution in [3.05, 3.63) is 28.2 Å². The molecule has 0 aromatic heterocycles. The number of ether oxygens (including phenoxy) is 1. The summed E-state index contributed by atoms with van der Waals surface area (Å²) in [6, 6.07) is 6.75. The Bertz CT molecular complexity index is 466. The van der Waals surface area contributed by atoms with Gasteiger partial charge in [-0.15, -0.1) is 0 Å². The Morgan fingerprint density at radius 1 is 1.40 bits per heavy atom. The summed E-state index contributed by atoms with van der Waals surface area (Å²) in [5.74, 6) is 1.82. The van der Waals surface area contributed by atoms with Gasteiger partial charge >= 0.3 is 0 Å². The zero-order chi connectivity index (χ0) is 13.9. The van der Waals surface area contributed by atoms with Crippen LogP contribution in [0.2, 0.25) is 0 Å². The maximum absolute atomic E-state index is 5.75. The molecule has 110 valence electrons. The van der Waals surface area contributed by atoms with Gasteiger partial charge in [-0.05, 0) is 57.1 Å². The molecule has 1 fully saturated rings. The van der Waals surface area contributed by atoms with Gasteiger partial charge in [-0.2, -0.15) is 0 Å². The molecule has 2 aliphatic rings. The summed E-state index contributed by atoms with van der Waals surface area (Å²) in [7, 11) is 2.23. The summed E-state index contributed by atoms with van der Waals surface area (Å²) in [5, 5.41) is 3.77. The van der Waals surface area contributed by atoms with Gasteiger partial charge in [0.1, 0.15) is 5.75 Å². The quantitative estimate of drug-likeness (QED) is 0.915. The van der Waals surface area contributed by atoms with E-state index in [1.54, 1.807) is 0 Å². The van der Waals surface area contributed by atoms with Crippen molar-refractivity contribution < 1.29 is 4.74 Å². The van der Waals surface area contributed by atoms with Crippen molar-refractivity contribution in [2.75, 3.05) is 33.3 Å². The molecule has 0 spiro atoms. The molecule has 2 heterocycles. The Morgan fingerprint density at radius 3 is 3.15 bits per heavy atom. The smallest absolute Gasteiger partial charge is 0.124 e. The molecule has 2 atom stereocenters. The van der Waals surface area contributed by atoms with Crippen molar-refractivity contribution in [2.45, 2.75) is 25.3 Å². The van der Waals surface area contributed by atoms with Crippen LogP contribution in [0.5, 0.6) is 5.75 Å². The number of nitrogens with zero attached hydrogens (tertiary/aromatic N) is 1. The predicted molar refractivity (Wildman–Crippen MR) is 85.2 cm³/mol. The fourth-order valence-electron chi connectivity index (χ4n) is 3.33. The fourth-order valence-corrected chi connectivity index (χ4v) is 3.70. The van der Waals surface area contributed by atoms with Crippen LogP contribution in [0, 0.1) is 5.92 Å². The van der Waals surface area contributed by atoms with E-state index in [-0.39, 0.29) is 0 Å². The third-order valence-electron chi connectivity index (χ3n) is 4.39. The van der Waals surface area contributed by atoms with Crippen LogP contribution in [-0.4, -0.2) is 38.2 Å². The molecule has 2 aliphatic heterocycles. The van der Waals surface area contributed by atoms with Gasteiger partial charge < -0.3 is 15.0 Å². The highest BCUT2D eigenvalue weighted by atomic mass is 79.9. The lowest BCUT2D eigenvalue weighted by atomic mass is 9.96. The third-order valence-corrected chi connectivity index (χ3v) is 4.88. The third kappa shape index (κ3) is 3.35. The van der Waals surface area contributed by atoms with E-state index < -0.39 is 0 Å². The number of hydrogen-bond donors (Lipinski definition) is 1. The second-order valence-electron chi connectivity index (χ2n) is 6.05. The first-order valence-corrected chi connectivity index (χ1v) is 8.36. The normalized spacial score (nSPS) is 26.9. The van der Waals surface area contributed by atoms with E-state index >= 15 is 0 Å². The number of benzene rings is 1. The van der Waals surface area contributed by atoms with Crippen LogP contribution in [0.25, 0.3) is 0 Å². The highest BCUT2D eigenvalue weighted by Gasteiger charge is 2.23. The minimum absolute atomic E-state index is 0.434. The molecule has 1 N–H and O–H groups in total. The van der Waals surface area contributed by atoms with Crippen LogP contribution < -0.4 is 10.1 Å². The van der Waals surface area contributed by atoms with Crippen LogP contribution in [0.15, 0.2) is 22.7 Å². The van der Waals surface area contributed by atoms with Gasteiger partial charge in [-0.25, -0.2) is 0 Å². The molecule has 0 amide bonds. The molecular weight excluding hydrogens is 316 g/mol. The van der Waals surface area contributed by atoms with E-state index in [0.717, 1.165) is 35.7 Å². The lowest BCUT2D eigenvalue weighted by molar-refractivity contribution is 0.194. The van der Waals surface area contributed by atoms with Gasteiger partial charge in [-0.3, -0.25) is 0 Å². The average molecular weight is 339 g/mol. The van der Waals surface area contributed by atoms with E-state index in [1.165, 1.54) is 31.5 Å². The van der Waals surface area contributed by atoms with Crippen LogP contribution in [-0.2, 0) is 0 Å². The Kier molecular flexibility index (Phi) is 4.64. The Hall–Kier alpha value is -0.580. The van der Waals surface area contributed by atoms with Gasteiger partial charge in [0.15, 0.2) is 0 Å². The van der Waals surface area contributed by atoms with E-state index in [1.807, 2.05) is 0 Å². The number of rotatable bonds is 3. The van der Waals surface area contributed by atoms with Crippen molar-refractivity contribution in [1.29, 1.82) is 0 Å². The van der Waals surface area contributed by atoms with Gasteiger partial charge in [0.25, 0.3) is 0 Å². The fraction of sp³-hybridized carbons (Fsp3) is 0.625. The largest absolute Gasteiger partial charge is 0.493 e. The lowest BCUT2D eigenvalue weighted by Crippen LogP contribution is -2.39. The first-order chi connectivity index (χ1) is 9.72. The molecule has 0 saturated carbocycles. The van der Waals surface area contributed by atoms with Crippen molar-refractivity contribution in [1.82, 2.24) is 10.2 Å². The Balaban J connectivity index is 1.62. The molecule has 3 rings (SSSR count). The minimum atomic E-state index is 0.434. The van der Waals surface area contributed by atoms with E-state index in [4.69, 9.17) is 4.74 Å². The van der Waals surface area contributed by atoms with E-state index in [0.29, 0.717) is 6.04 Å². The van der Waals surface area contributed by atoms with Gasteiger partial charge in [0.2, 0.25) is 0 Å². The summed E-state index contributed by atoms with van der Waals surface area (Å²) in [6.45, 7) is 4.41. The Morgan fingerprint density at radius 2 is 2.30 bits per heavy atom. The molecular formula is C16H23BrN2O. The zero-order valence-electron chi connectivity index (χ0n) is 12.1. The number of fused-ring (bicyclic) bond motifs is 1. The van der Waals surface area contributed by atoms with E-state index in [9.17, 15) is 0 Å². The molecule has 1 saturated heterocycles. The molecule has 20 heavy (non-hydrogen) atoms. The topological polar surface area (TPSA) is 24.5 Å². The predicted octanol–water partition coefficient (Wildman–Crippen LogP) is 3.20. The Labute approximate surface area is 129 Å². The number of likely N-dealkylation sites (tertiary alicyclic amines) is 1. The summed E-state index contributed by atoms with van der Waals surface area (Å²) in [5.41, 5.74) is 1.30. The molecule has 0 bridgehead atoms. The second kappa shape index (κ2) is 6.46. The first-order valence-electron chi connectivity index (χ1n) is 7.56. The van der Waals surface area contributed by atoms with Gasteiger partial charge in [0, 0.05) is 29.0 Å². The molecule has 2 unspecified atom stereocenters. The van der Waals surface area contributed by atoms with Crippen LogP contribution in [0.1, 0.15) is 30.9 Å². The molecule has 0 aliphatic carbocycles. The summed E-state index contributed by atoms with van der Waals surface area (Å²) in [4.78, 5) is 2.45. The monoisotopic (exact) mass is 338 g/mol. The zero-order valence-corrected chi connectivity index (χ0v) is 13.7. The highest BCUT2D eigenvalue weighted by molar-refractivity contribution is 9.10. The molecule has 0 radical (unpaired) electrons. The average Bonchev–Trinajstić information content (AvgIpc) is 2.45. The SMILES string of the molecule is CN1CCCC(CNC2CCOc3ccc(Br)cc32)C1. The summed E-state index contributed by atoms with van der Waals surface area (Å²) in [6.07, 6.45) is 3.75. The second-order valence-corrected chi connectivity index (χ2v) is 6.97. The number of halogens is 1. The minimum Gasteiger partial charge on any atom is -0.493 e. The van der Waals surface area contributed by atoms with Crippen LogP contribution >= 0.6 is 15.9 Å². The van der Waals surface area contributed by atoms with Crippen molar-refractivity contribution in [2.24, 2.45) is 5.92 Å². The number of hydrogen-bond acceptors (Lipinski definition) is 3. The molecule has 3 nitrogen and oxygen atoms in total. The van der Waals surface area contributed by atoms with Crippen molar-refractivity contribution in [3.8, 4) is 5.75 Å². The summed E-state index contributed by atoms with van der Waals surface area (Å²) >= 11 is 3.56. The van der Waals surface area contributed by atoms with Crippen LogP contribution in [0.3, 0.4) is 0 Å². The first kappa shape index (κ1) is 14.4. The van der Waals surface area contributed by atoms with Gasteiger partial charge in [0.05, 0.1) is 6.61 Å².